The maximum absolute atomic E-state index is 11.1. The number of halogens is 1. The first kappa shape index (κ1) is 12.7. The minimum Gasteiger partial charge on any atom is -0.297 e. The molecule has 1 aromatic heterocycles. The van der Waals surface area contributed by atoms with E-state index < -0.39 is 0 Å². The van der Waals surface area contributed by atoms with E-state index in [0.29, 0.717) is 16.6 Å². The van der Waals surface area contributed by atoms with Crippen LogP contribution in [0.2, 0.25) is 5.02 Å². The van der Waals surface area contributed by atoms with Gasteiger partial charge in [0.15, 0.2) is 0 Å². The van der Waals surface area contributed by atoms with Crippen LogP contribution in [0, 0.1) is 0 Å². The van der Waals surface area contributed by atoms with Gasteiger partial charge in [0.05, 0.1) is 0 Å². The van der Waals surface area contributed by atoms with Crippen LogP contribution >= 0.6 is 22.9 Å². The van der Waals surface area contributed by atoms with Crippen LogP contribution in [0.4, 0.5) is 5.13 Å². The number of anilines is 1. The van der Waals surface area contributed by atoms with E-state index in [1.165, 1.54) is 17.4 Å². The smallest absolute Gasteiger partial charge is 0.249 e. The van der Waals surface area contributed by atoms with Crippen molar-refractivity contribution in [1.82, 2.24) is 10.2 Å². The fourth-order valence-corrected chi connectivity index (χ4v) is 2.21. The molecule has 4 nitrogen and oxygen atoms in total. The second-order valence-corrected chi connectivity index (χ2v) is 5.00. The molecule has 0 aliphatic carbocycles. The summed E-state index contributed by atoms with van der Waals surface area (Å²) in [6.45, 7) is 3.37. The molecular formula is C12H10ClN3OS. The highest BCUT2D eigenvalue weighted by Gasteiger charge is 2.06. The van der Waals surface area contributed by atoms with Crippen LogP contribution in [0.1, 0.15) is 10.6 Å². The van der Waals surface area contributed by atoms with Crippen molar-refractivity contribution >= 4 is 34.0 Å². The van der Waals surface area contributed by atoms with Gasteiger partial charge in [-0.2, -0.15) is 0 Å². The first-order valence-electron chi connectivity index (χ1n) is 5.17. The molecule has 0 aliphatic heterocycles. The summed E-state index contributed by atoms with van der Waals surface area (Å²) in [5.41, 5.74) is 1.09. The summed E-state index contributed by atoms with van der Waals surface area (Å²) >= 11 is 7.15. The van der Waals surface area contributed by atoms with E-state index in [9.17, 15) is 4.79 Å². The lowest BCUT2D eigenvalue weighted by Crippen LogP contribution is -2.06. The SMILES string of the molecule is C=CC(=O)Nc1nnc(Cc2ccc(Cl)cc2)s1. The summed E-state index contributed by atoms with van der Waals surface area (Å²) < 4.78 is 0. The van der Waals surface area contributed by atoms with Crippen LogP contribution in [-0.2, 0) is 11.2 Å². The lowest BCUT2D eigenvalue weighted by atomic mass is 10.2. The number of hydrogen-bond acceptors (Lipinski definition) is 4. The molecule has 1 aromatic carbocycles. The number of carbonyl (C=O) groups excluding carboxylic acids is 1. The third-order valence-corrected chi connectivity index (χ3v) is 3.24. The molecule has 0 bridgehead atoms. The van der Waals surface area contributed by atoms with Gasteiger partial charge < -0.3 is 0 Å². The van der Waals surface area contributed by atoms with Crippen molar-refractivity contribution in [3.8, 4) is 0 Å². The molecule has 0 spiro atoms. The average Bonchev–Trinajstić information content (AvgIpc) is 2.79. The quantitative estimate of drug-likeness (QED) is 0.876. The maximum atomic E-state index is 11.1. The van der Waals surface area contributed by atoms with Gasteiger partial charge in [0, 0.05) is 11.4 Å². The minimum atomic E-state index is -0.288. The average molecular weight is 280 g/mol. The van der Waals surface area contributed by atoms with Crippen molar-refractivity contribution in [1.29, 1.82) is 0 Å². The summed E-state index contributed by atoms with van der Waals surface area (Å²) in [6, 6.07) is 7.54. The minimum absolute atomic E-state index is 0.288. The van der Waals surface area contributed by atoms with E-state index in [-0.39, 0.29) is 5.91 Å². The number of rotatable bonds is 4. The largest absolute Gasteiger partial charge is 0.297 e. The molecule has 0 aliphatic rings. The Labute approximate surface area is 113 Å². The van der Waals surface area contributed by atoms with Gasteiger partial charge >= 0.3 is 0 Å². The van der Waals surface area contributed by atoms with Crippen molar-refractivity contribution in [3.63, 3.8) is 0 Å². The zero-order valence-corrected chi connectivity index (χ0v) is 11.0. The second kappa shape index (κ2) is 5.75. The van der Waals surface area contributed by atoms with Gasteiger partial charge in [-0.3, -0.25) is 10.1 Å². The molecule has 0 radical (unpaired) electrons. The van der Waals surface area contributed by atoms with Crippen LogP contribution < -0.4 is 5.32 Å². The van der Waals surface area contributed by atoms with Gasteiger partial charge in [-0.15, -0.1) is 10.2 Å². The van der Waals surface area contributed by atoms with Gasteiger partial charge in [-0.1, -0.05) is 41.6 Å². The Morgan fingerprint density at radius 1 is 1.39 bits per heavy atom. The van der Waals surface area contributed by atoms with E-state index in [4.69, 9.17) is 11.6 Å². The Morgan fingerprint density at radius 2 is 2.11 bits per heavy atom. The molecule has 18 heavy (non-hydrogen) atoms. The third-order valence-electron chi connectivity index (χ3n) is 2.15. The number of nitrogens with zero attached hydrogens (tertiary/aromatic N) is 2. The summed E-state index contributed by atoms with van der Waals surface area (Å²) in [4.78, 5) is 11.1. The molecule has 2 aromatic rings. The number of hydrogen-bond donors (Lipinski definition) is 1. The first-order chi connectivity index (χ1) is 8.67. The molecule has 1 heterocycles. The molecule has 0 saturated heterocycles. The molecule has 0 unspecified atom stereocenters. The lowest BCUT2D eigenvalue weighted by molar-refractivity contribution is -0.111. The van der Waals surface area contributed by atoms with Crippen molar-refractivity contribution in [3.05, 3.63) is 52.5 Å². The van der Waals surface area contributed by atoms with Crippen molar-refractivity contribution in [2.75, 3.05) is 5.32 Å². The fraction of sp³-hybridized carbons (Fsp3) is 0.0833. The van der Waals surface area contributed by atoms with Gasteiger partial charge in [0.1, 0.15) is 5.01 Å². The Hall–Kier alpha value is -1.72. The van der Waals surface area contributed by atoms with Gasteiger partial charge in [-0.25, -0.2) is 0 Å². The van der Waals surface area contributed by atoms with Crippen LogP contribution in [0.3, 0.4) is 0 Å². The van der Waals surface area contributed by atoms with E-state index >= 15 is 0 Å². The first-order valence-corrected chi connectivity index (χ1v) is 6.37. The number of benzene rings is 1. The third kappa shape index (κ3) is 3.38. The zero-order chi connectivity index (χ0) is 13.0. The molecule has 92 valence electrons. The normalized spacial score (nSPS) is 10.1. The van der Waals surface area contributed by atoms with E-state index in [1.54, 1.807) is 0 Å². The van der Waals surface area contributed by atoms with Crippen LogP contribution in [-0.4, -0.2) is 16.1 Å². The summed E-state index contributed by atoms with van der Waals surface area (Å²) in [7, 11) is 0. The highest BCUT2D eigenvalue weighted by atomic mass is 35.5. The second-order valence-electron chi connectivity index (χ2n) is 3.50. The molecule has 1 N–H and O–H groups in total. The van der Waals surface area contributed by atoms with Crippen LogP contribution in [0.5, 0.6) is 0 Å². The van der Waals surface area contributed by atoms with Crippen molar-refractivity contribution in [2.45, 2.75) is 6.42 Å². The molecule has 1 amide bonds. The van der Waals surface area contributed by atoms with Crippen molar-refractivity contribution < 1.29 is 4.79 Å². The fourth-order valence-electron chi connectivity index (χ4n) is 1.31. The van der Waals surface area contributed by atoms with Crippen LogP contribution in [0.15, 0.2) is 36.9 Å². The highest BCUT2D eigenvalue weighted by molar-refractivity contribution is 7.15. The number of carbonyl (C=O) groups is 1. The molecule has 0 fully saturated rings. The molecule has 0 saturated carbocycles. The van der Waals surface area contributed by atoms with E-state index in [2.05, 4.69) is 22.1 Å². The number of aromatic nitrogens is 2. The predicted molar refractivity (Wildman–Crippen MR) is 73.0 cm³/mol. The van der Waals surface area contributed by atoms with Gasteiger partial charge in [0.25, 0.3) is 0 Å². The monoisotopic (exact) mass is 279 g/mol. The molecule has 6 heteroatoms. The summed E-state index contributed by atoms with van der Waals surface area (Å²) in [6.07, 6.45) is 1.86. The predicted octanol–water partition coefficient (Wildman–Crippen LogP) is 2.91. The Bertz CT molecular complexity index is 565. The zero-order valence-electron chi connectivity index (χ0n) is 9.39. The van der Waals surface area contributed by atoms with Gasteiger partial charge in [-0.05, 0) is 23.8 Å². The number of amides is 1. The standard InChI is InChI=1S/C12H10ClN3OS/c1-2-10(17)14-12-16-15-11(18-12)7-8-3-5-9(13)6-4-8/h2-6H,1,7H2,(H,14,16,17). The summed E-state index contributed by atoms with van der Waals surface area (Å²) in [5.74, 6) is -0.288. The molecule has 0 atom stereocenters. The Balaban J connectivity index is 2.04. The van der Waals surface area contributed by atoms with E-state index in [1.807, 2.05) is 24.3 Å². The summed E-state index contributed by atoms with van der Waals surface area (Å²) in [5, 5.41) is 12.5. The molecule has 2 rings (SSSR count). The molecular weight excluding hydrogens is 270 g/mol. The lowest BCUT2D eigenvalue weighted by Gasteiger charge is -1.96. The number of nitrogens with one attached hydrogen (secondary N) is 1. The Morgan fingerprint density at radius 3 is 2.78 bits per heavy atom. The van der Waals surface area contributed by atoms with Crippen LogP contribution in [0.25, 0.3) is 0 Å². The topological polar surface area (TPSA) is 54.9 Å². The maximum Gasteiger partial charge on any atom is 0.249 e. The van der Waals surface area contributed by atoms with Crippen molar-refractivity contribution in [2.24, 2.45) is 0 Å². The highest BCUT2D eigenvalue weighted by Crippen LogP contribution is 2.19. The van der Waals surface area contributed by atoms with E-state index in [0.717, 1.165) is 10.6 Å². The van der Waals surface area contributed by atoms with Gasteiger partial charge in [0.2, 0.25) is 11.0 Å². The Kier molecular flexibility index (Phi) is 4.07.